The van der Waals surface area contributed by atoms with Crippen LogP contribution in [0, 0.1) is 0 Å². The quantitative estimate of drug-likeness (QED) is 0.231. The largest absolute Gasteiger partial charge is 1.00 e. The number of hydrogen-bond donors (Lipinski definition) is 0. The van der Waals surface area contributed by atoms with Crippen LogP contribution in [0.5, 0.6) is 0 Å². The Labute approximate surface area is 129 Å². The van der Waals surface area contributed by atoms with Crippen LogP contribution in [0.15, 0.2) is 0 Å². The molecule has 0 bridgehead atoms. The van der Waals surface area contributed by atoms with E-state index in [9.17, 15) is 30.5 Å². The van der Waals surface area contributed by atoms with Crippen LogP contribution < -0.4 is 18.9 Å². The third kappa shape index (κ3) is 12.0. The fourth-order valence-electron chi connectivity index (χ4n) is 1.64. The number of unbranched alkanes of at least 4 members (excludes halogenated alkanes) is 4. The Bertz CT molecular complexity index is 330. The van der Waals surface area contributed by atoms with Crippen molar-refractivity contribution in [3.8, 4) is 0 Å². The normalized spacial score (nSPS) is 16.2. The fourth-order valence-corrected chi connectivity index (χ4v) is 2.21. The van der Waals surface area contributed by atoms with Gasteiger partial charge in [-0.2, -0.15) is 0 Å². The molecule has 0 aliphatic carbocycles. The molecule has 0 N–H and O–H groups in total. The first-order valence-electron chi connectivity index (χ1n) is 6.19. The minimum atomic E-state index is -4.90. The summed E-state index contributed by atoms with van der Waals surface area (Å²) in [5.41, 5.74) is 0. The molecule has 0 heterocycles. The third-order valence-corrected chi connectivity index (χ3v) is 3.39. The van der Waals surface area contributed by atoms with Gasteiger partial charge in [-0.1, -0.05) is 25.7 Å². The molecule has 0 saturated heterocycles. The van der Waals surface area contributed by atoms with E-state index in [1.165, 1.54) is 0 Å². The van der Waals surface area contributed by atoms with E-state index in [0.717, 1.165) is 0 Å². The topological polar surface area (TPSA) is 57.2 Å². The summed E-state index contributed by atoms with van der Waals surface area (Å²) in [6.07, 6.45) is -4.95. The summed E-state index contributed by atoms with van der Waals surface area (Å²) in [7, 11) is -4.90. The standard InChI is InChI=1S/C11H20F4O3S.Li/c12-7-5-3-1-2-4-6-9(13)11(15)10(14)8-19(16,17)18;/h9-11H,1-8H2,(H,16,17,18);/q;+1/p-1. The first-order chi connectivity index (χ1) is 8.78. The zero-order valence-electron chi connectivity index (χ0n) is 11.5. The van der Waals surface area contributed by atoms with Crippen LogP contribution in [0.2, 0.25) is 0 Å². The van der Waals surface area contributed by atoms with Gasteiger partial charge in [0.2, 0.25) is 0 Å². The predicted octanol–water partition coefficient (Wildman–Crippen LogP) is -0.140. The van der Waals surface area contributed by atoms with Crippen molar-refractivity contribution in [3.05, 3.63) is 0 Å². The first kappa shape index (κ1) is 22.5. The molecule has 3 atom stereocenters. The first-order valence-corrected chi connectivity index (χ1v) is 7.77. The molecule has 0 fully saturated rings. The molecule has 0 aliphatic rings. The number of rotatable bonds is 11. The summed E-state index contributed by atoms with van der Waals surface area (Å²) in [5, 5.41) is 0. The van der Waals surface area contributed by atoms with Crippen LogP contribution >= 0.6 is 0 Å². The van der Waals surface area contributed by atoms with Crippen molar-refractivity contribution < 1.29 is 49.4 Å². The van der Waals surface area contributed by atoms with E-state index >= 15 is 0 Å². The molecule has 0 spiro atoms. The van der Waals surface area contributed by atoms with E-state index in [1.54, 1.807) is 0 Å². The van der Waals surface area contributed by atoms with Crippen molar-refractivity contribution >= 4 is 10.1 Å². The summed E-state index contributed by atoms with van der Waals surface area (Å²) in [6, 6.07) is 0. The van der Waals surface area contributed by atoms with Gasteiger partial charge in [0.1, 0.15) is 12.3 Å². The SMILES string of the molecule is O=S(=O)([O-])CC(F)C(F)C(F)CCCCCCCF.[Li+]. The van der Waals surface area contributed by atoms with Crippen molar-refractivity contribution in [2.75, 3.05) is 12.4 Å². The Morgan fingerprint density at radius 1 is 0.900 bits per heavy atom. The Morgan fingerprint density at radius 3 is 1.90 bits per heavy atom. The molecule has 0 amide bonds. The molecule has 3 unspecified atom stereocenters. The van der Waals surface area contributed by atoms with Gasteiger partial charge in [-0.25, -0.2) is 21.6 Å². The molecule has 0 rings (SSSR count). The van der Waals surface area contributed by atoms with E-state index in [2.05, 4.69) is 0 Å². The summed E-state index contributed by atoms with van der Waals surface area (Å²) >= 11 is 0. The molecular formula is C11H19F4LiO3S. The summed E-state index contributed by atoms with van der Waals surface area (Å²) < 4.78 is 81.7. The maximum absolute atomic E-state index is 13.2. The van der Waals surface area contributed by atoms with Gasteiger partial charge in [-0.3, -0.25) is 4.39 Å². The average molecular weight is 314 g/mol. The van der Waals surface area contributed by atoms with Gasteiger partial charge in [-0.15, -0.1) is 0 Å². The van der Waals surface area contributed by atoms with E-state index in [-0.39, 0.29) is 25.3 Å². The van der Waals surface area contributed by atoms with E-state index in [0.29, 0.717) is 32.1 Å². The maximum atomic E-state index is 13.2. The Hall–Kier alpha value is 0.227. The maximum Gasteiger partial charge on any atom is 1.00 e. The molecule has 0 aromatic heterocycles. The van der Waals surface area contributed by atoms with Crippen molar-refractivity contribution in [2.45, 2.75) is 57.0 Å². The van der Waals surface area contributed by atoms with Gasteiger partial charge in [0.05, 0.1) is 22.5 Å². The summed E-state index contributed by atoms with van der Waals surface area (Å²) in [4.78, 5) is 0. The molecule has 0 aromatic rings. The Balaban J connectivity index is 0. The smallest absolute Gasteiger partial charge is 0.748 e. The molecule has 116 valence electrons. The van der Waals surface area contributed by atoms with Crippen LogP contribution in [0.4, 0.5) is 17.6 Å². The van der Waals surface area contributed by atoms with E-state index < -0.39 is 41.1 Å². The van der Waals surface area contributed by atoms with Crippen molar-refractivity contribution in [1.82, 2.24) is 0 Å². The average Bonchev–Trinajstić information content (AvgIpc) is 2.30. The van der Waals surface area contributed by atoms with Crippen molar-refractivity contribution in [3.63, 3.8) is 0 Å². The predicted molar refractivity (Wildman–Crippen MR) is 62.9 cm³/mol. The Kier molecular flexibility index (Phi) is 13.3. The molecule has 0 radical (unpaired) electrons. The molecular weight excluding hydrogens is 295 g/mol. The van der Waals surface area contributed by atoms with Crippen LogP contribution in [0.25, 0.3) is 0 Å². The molecule has 0 aromatic carbocycles. The molecule has 9 heteroatoms. The molecule has 20 heavy (non-hydrogen) atoms. The van der Waals surface area contributed by atoms with Crippen LogP contribution in [-0.4, -0.2) is 43.9 Å². The minimum absolute atomic E-state index is 0. The second-order valence-electron chi connectivity index (χ2n) is 4.45. The van der Waals surface area contributed by atoms with Crippen LogP contribution in [-0.2, 0) is 10.1 Å². The zero-order chi connectivity index (χ0) is 14.9. The summed E-state index contributed by atoms with van der Waals surface area (Å²) in [6.45, 7) is -0.411. The van der Waals surface area contributed by atoms with Gasteiger partial charge in [-0.05, 0) is 12.8 Å². The number of hydrogen-bond acceptors (Lipinski definition) is 3. The molecule has 0 saturated carbocycles. The van der Waals surface area contributed by atoms with Gasteiger partial charge in [0.25, 0.3) is 0 Å². The second kappa shape index (κ2) is 11.8. The molecule has 3 nitrogen and oxygen atoms in total. The second-order valence-corrected chi connectivity index (χ2v) is 5.89. The molecule has 0 aliphatic heterocycles. The van der Waals surface area contributed by atoms with Gasteiger partial charge < -0.3 is 4.55 Å². The zero-order valence-corrected chi connectivity index (χ0v) is 12.4. The van der Waals surface area contributed by atoms with Crippen LogP contribution in [0.1, 0.15) is 38.5 Å². The minimum Gasteiger partial charge on any atom is -0.748 e. The van der Waals surface area contributed by atoms with Crippen molar-refractivity contribution in [1.29, 1.82) is 0 Å². The van der Waals surface area contributed by atoms with E-state index in [1.807, 2.05) is 0 Å². The van der Waals surface area contributed by atoms with Crippen LogP contribution in [0.3, 0.4) is 0 Å². The third-order valence-electron chi connectivity index (χ3n) is 2.67. The Morgan fingerprint density at radius 2 is 1.40 bits per heavy atom. The summed E-state index contributed by atoms with van der Waals surface area (Å²) in [5.74, 6) is -1.55. The monoisotopic (exact) mass is 314 g/mol. The number of halogens is 4. The van der Waals surface area contributed by atoms with Gasteiger partial charge in [0, 0.05) is 0 Å². The van der Waals surface area contributed by atoms with Crippen molar-refractivity contribution in [2.24, 2.45) is 0 Å². The fraction of sp³-hybridized carbons (Fsp3) is 1.00. The van der Waals surface area contributed by atoms with E-state index in [4.69, 9.17) is 0 Å². The van der Waals surface area contributed by atoms with Gasteiger partial charge in [0.15, 0.2) is 6.17 Å². The number of alkyl halides is 4. The van der Waals surface area contributed by atoms with Gasteiger partial charge >= 0.3 is 18.9 Å².